The number of imidazole rings is 1. The number of ether oxygens (including phenoxy) is 1. The van der Waals surface area contributed by atoms with E-state index in [1.807, 2.05) is 39.0 Å². The van der Waals surface area contributed by atoms with Crippen LogP contribution >= 0.6 is 0 Å². The lowest BCUT2D eigenvalue weighted by atomic mass is 10.00. The van der Waals surface area contributed by atoms with Crippen molar-refractivity contribution in [2.45, 2.75) is 58.9 Å². The number of carbonyl (C=O) groups excluding carboxylic acids is 1. The van der Waals surface area contributed by atoms with Gasteiger partial charge in [0.1, 0.15) is 18.1 Å². The number of quaternary nitrogens is 1. The van der Waals surface area contributed by atoms with Crippen molar-refractivity contribution in [2.75, 3.05) is 39.1 Å². The number of hydrogen-bond acceptors (Lipinski definition) is 4. The summed E-state index contributed by atoms with van der Waals surface area (Å²) in [5, 5.41) is 3.08. The van der Waals surface area contributed by atoms with Crippen LogP contribution in [0.3, 0.4) is 0 Å². The Balaban J connectivity index is 1.48. The molecule has 7 nitrogen and oxygen atoms in total. The largest absolute Gasteiger partial charge is 0.497 e. The van der Waals surface area contributed by atoms with Crippen molar-refractivity contribution in [3.63, 3.8) is 0 Å². The number of amides is 1. The van der Waals surface area contributed by atoms with E-state index in [0.717, 1.165) is 78.0 Å². The number of aromatic nitrogens is 3. The molecule has 8 heteroatoms. The van der Waals surface area contributed by atoms with Crippen molar-refractivity contribution in [1.29, 1.82) is 0 Å². The first kappa shape index (κ1) is 26.0. The summed E-state index contributed by atoms with van der Waals surface area (Å²) in [6.07, 6.45) is 4.13. The number of nitrogens with zero attached hydrogens (tertiary/aromatic N) is 4. The van der Waals surface area contributed by atoms with E-state index in [-0.39, 0.29) is 17.6 Å². The SMILES string of the molecule is Cc1cc2cc(n1)C1=C(CC[N+](C)(C)C1)OCC1CCC(C1)Cn1c(nc3cc(F)c(C(C)C)cc31)NC2=O. The van der Waals surface area contributed by atoms with E-state index in [2.05, 4.69) is 24.0 Å². The summed E-state index contributed by atoms with van der Waals surface area (Å²) in [6, 6.07) is 7.11. The lowest BCUT2D eigenvalue weighted by Crippen LogP contribution is -2.45. The van der Waals surface area contributed by atoms with Crippen LogP contribution in [0, 0.1) is 24.6 Å². The van der Waals surface area contributed by atoms with E-state index in [0.29, 0.717) is 41.0 Å². The molecule has 2 aliphatic heterocycles. The molecule has 1 fully saturated rings. The molecular weight excluding hydrogens is 493 g/mol. The number of nitrogens with one attached hydrogen (secondary N) is 1. The molecule has 0 saturated heterocycles. The van der Waals surface area contributed by atoms with E-state index >= 15 is 0 Å². The summed E-state index contributed by atoms with van der Waals surface area (Å²) in [7, 11) is 4.45. The van der Waals surface area contributed by atoms with Gasteiger partial charge < -0.3 is 13.8 Å². The lowest BCUT2D eigenvalue weighted by molar-refractivity contribution is -0.884. The maximum absolute atomic E-state index is 14.9. The standard InChI is InChI=1S/C31H38FN5O2/c1-18(2)23-13-28-27(14-25(23)32)34-31-35-30(38)22-10-19(3)33-26(12-22)24-16-37(4,5)9-8-29(24)39-17-21-7-6-20(11-21)15-36(28)31/h10,12-14,18,20-21H,6-9,11,15-17H2,1-5H3/p+1. The maximum Gasteiger partial charge on any atom is 0.258 e. The smallest absolute Gasteiger partial charge is 0.258 e. The summed E-state index contributed by atoms with van der Waals surface area (Å²) in [6.45, 7) is 9.16. The van der Waals surface area contributed by atoms with Gasteiger partial charge in [0.05, 0.1) is 56.0 Å². The molecule has 2 unspecified atom stereocenters. The first-order valence-corrected chi connectivity index (χ1v) is 14.2. The average molecular weight is 533 g/mol. The second kappa shape index (κ2) is 9.73. The van der Waals surface area contributed by atoms with Gasteiger partial charge >= 0.3 is 0 Å². The summed E-state index contributed by atoms with van der Waals surface area (Å²) in [5.41, 5.74) is 5.30. The Morgan fingerprint density at radius 3 is 2.72 bits per heavy atom. The molecule has 1 amide bonds. The molecule has 1 saturated carbocycles. The molecule has 3 aliphatic rings. The van der Waals surface area contributed by atoms with E-state index in [1.54, 1.807) is 0 Å². The number of likely N-dealkylation sites (N-methyl/N-ethyl adjacent to an activating group) is 1. The molecule has 0 spiro atoms. The molecule has 2 atom stereocenters. The Bertz CT molecular complexity index is 1490. The molecule has 39 heavy (non-hydrogen) atoms. The Hall–Kier alpha value is -3.26. The van der Waals surface area contributed by atoms with Crippen LogP contribution in [0.25, 0.3) is 16.6 Å². The third kappa shape index (κ3) is 5.07. The quantitative estimate of drug-likeness (QED) is 0.397. The number of fused-ring (bicyclic) bond motifs is 8. The number of hydrogen-bond donors (Lipinski definition) is 1. The fraction of sp³-hybridized carbons (Fsp3) is 0.516. The normalized spacial score (nSPS) is 23.1. The number of rotatable bonds is 1. The van der Waals surface area contributed by atoms with Crippen molar-refractivity contribution in [3.8, 4) is 0 Å². The molecule has 6 rings (SSSR count). The van der Waals surface area contributed by atoms with E-state index in [9.17, 15) is 9.18 Å². The van der Waals surface area contributed by atoms with Gasteiger partial charge in [-0.2, -0.15) is 0 Å². The Labute approximate surface area is 229 Å². The Morgan fingerprint density at radius 1 is 1.13 bits per heavy atom. The highest BCUT2D eigenvalue weighted by Gasteiger charge is 2.32. The number of anilines is 1. The fourth-order valence-corrected chi connectivity index (χ4v) is 6.52. The molecular formula is C31H39FN5O2+. The minimum atomic E-state index is -0.257. The number of carbonyl (C=O) groups is 1. The second-order valence-electron chi connectivity index (χ2n) is 12.7. The van der Waals surface area contributed by atoms with Gasteiger partial charge in [-0.05, 0) is 67.7 Å². The monoisotopic (exact) mass is 532 g/mol. The summed E-state index contributed by atoms with van der Waals surface area (Å²) in [5.74, 6) is 1.96. The zero-order chi connectivity index (χ0) is 27.5. The van der Waals surface area contributed by atoms with Crippen LogP contribution in [0.4, 0.5) is 10.3 Å². The third-order valence-electron chi connectivity index (χ3n) is 8.69. The predicted molar refractivity (Wildman–Crippen MR) is 151 cm³/mol. The highest BCUT2D eigenvalue weighted by atomic mass is 19.1. The molecule has 1 aromatic carbocycles. The molecule has 4 heterocycles. The molecule has 1 N–H and O–H groups in total. The number of halogens is 1. The van der Waals surface area contributed by atoms with Gasteiger partial charge in [-0.1, -0.05) is 13.8 Å². The van der Waals surface area contributed by atoms with Crippen molar-refractivity contribution >= 4 is 28.5 Å². The summed E-state index contributed by atoms with van der Waals surface area (Å²) < 4.78 is 24.4. The van der Waals surface area contributed by atoms with Crippen LogP contribution in [0.5, 0.6) is 0 Å². The van der Waals surface area contributed by atoms with Gasteiger partial charge in [0.15, 0.2) is 0 Å². The Morgan fingerprint density at radius 2 is 1.92 bits per heavy atom. The van der Waals surface area contributed by atoms with Crippen LogP contribution in [-0.2, 0) is 11.3 Å². The van der Waals surface area contributed by atoms with Gasteiger partial charge in [-0.3, -0.25) is 15.1 Å². The fourth-order valence-electron chi connectivity index (χ4n) is 6.52. The Kier molecular flexibility index (Phi) is 6.49. The minimum Gasteiger partial charge on any atom is -0.497 e. The van der Waals surface area contributed by atoms with Gasteiger partial charge in [-0.15, -0.1) is 0 Å². The van der Waals surface area contributed by atoms with Crippen LogP contribution in [0.2, 0.25) is 0 Å². The van der Waals surface area contributed by atoms with Crippen LogP contribution < -0.4 is 5.32 Å². The number of aryl methyl sites for hydroxylation is 1. The van der Waals surface area contributed by atoms with Gasteiger partial charge in [-0.25, -0.2) is 9.37 Å². The minimum absolute atomic E-state index is 0.0470. The van der Waals surface area contributed by atoms with Crippen LogP contribution in [0.15, 0.2) is 30.0 Å². The van der Waals surface area contributed by atoms with Crippen LogP contribution in [-0.4, -0.2) is 58.7 Å². The maximum atomic E-state index is 14.9. The van der Waals surface area contributed by atoms with Crippen molar-refractivity contribution in [2.24, 2.45) is 11.8 Å². The van der Waals surface area contributed by atoms with E-state index in [4.69, 9.17) is 14.7 Å². The first-order valence-electron chi connectivity index (χ1n) is 14.2. The van der Waals surface area contributed by atoms with Crippen molar-refractivity contribution < 1.29 is 18.4 Å². The summed E-state index contributed by atoms with van der Waals surface area (Å²) in [4.78, 5) is 23.2. The molecule has 2 aromatic heterocycles. The average Bonchev–Trinajstić information content (AvgIpc) is 3.45. The summed E-state index contributed by atoms with van der Waals surface area (Å²) >= 11 is 0. The molecule has 3 aromatic rings. The molecule has 0 radical (unpaired) electrons. The zero-order valence-corrected chi connectivity index (χ0v) is 23.7. The third-order valence-corrected chi connectivity index (χ3v) is 8.69. The highest BCUT2D eigenvalue weighted by molar-refractivity contribution is 6.04. The van der Waals surface area contributed by atoms with Crippen molar-refractivity contribution in [1.82, 2.24) is 14.5 Å². The zero-order valence-electron chi connectivity index (χ0n) is 23.7. The second-order valence-corrected chi connectivity index (χ2v) is 12.7. The van der Waals surface area contributed by atoms with E-state index < -0.39 is 0 Å². The van der Waals surface area contributed by atoms with Crippen molar-refractivity contribution in [3.05, 3.63) is 58.4 Å². The molecule has 4 bridgehead atoms. The highest BCUT2D eigenvalue weighted by Crippen LogP contribution is 2.37. The molecule has 206 valence electrons. The lowest BCUT2D eigenvalue weighted by Gasteiger charge is -2.36. The van der Waals surface area contributed by atoms with Gasteiger partial charge in [0.2, 0.25) is 5.95 Å². The van der Waals surface area contributed by atoms with Gasteiger partial charge in [0, 0.05) is 23.9 Å². The van der Waals surface area contributed by atoms with Gasteiger partial charge in [0.25, 0.3) is 5.91 Å². The number of pyridine rings is 1. The topological polar surface area (TPSA) is 69.0 Å². The van der Waals surface area contributed by atoms with E-state index in [1.165, 1.54) is 6.07 Å². The first-order chi connectivity index (χ1) is 18.6. The molecule has 1 aliphatic carbocycles. The van der Waals surface area contributed by atoms with Crippen LogP contribution in [0.1, 0.15) is 72.8 Å². The number of benzene rings is 1. The predicted octanol–water partition coefficient (Wildman–Crippen LogP) is 5.89.